The van der Waals surface area contributed by atoms with E-state index in [1.807, 2.05) is 0 Å². The van der Waals surface area contributed by atoms with Crippen molar-refractivity contribution in [1.29, 1.82) is 0 Å². The van der Waals surface area contributed by atoms with Gasteiger partial charge in [-0.3, -0.25) is 4.79 Å². The van der Waals surface area contributed by atoms with Gasteiger partial charge in [0.15, 0.2) is 0 Å². The fourth-order valence-electron chi connectivity index (χ4n) is 4.82. The van der Waals surface area contributed by atoms with Crippen molar-refractivity contribution in [3.05, 3.63) is 0 Å². The van der Waals surface area contributed by atoms with E-state index in [1.165, 1.54) is 6.92 Å². The maximum Gasteiger partial charge on any atom is 0.302 e. The van der Waals surface area contributed by atoms with Gasteiger partial charge < -0.3 is 14.6 Å². The van der Waals surface area contributed by atoms with Gasteiger partial charge in [0.25, 0.3) is 0 Å². The molecule has 6 atom stereocenters. The van der Waals surface area contributed by atoms with Crippen molar-refractivity contribution < 1.29 is 19.4 Å². The third-order valence-electron chi connectivity index (χ3n) is 5.99. The molecule has 1 aliphatic carbocycles. The Bertz CT molecular complexity index is 389. The summed E-state index contributed by atoms with van der Waals surface area (Å²) in [4.78, 5) is 11.1. The zero-order chi connectivity index (χ0) is 14.5. The van der Waals surface area contributed by atoms with Gasteiger partial charge in [0.1, 0.15) is 0 Å². The Morgan fingerprint density at radius 1 is 1.18 bits per heavy atom. The summed E-state index contributed by atoms with van der Waals surface area (Å²) in [5.41, 5.74) is -0.612. The molecule has 2 aliphatic heterocycles. The molecule has 2 bridgehead atoms. The van der Waals surface area contributed by atoms with E-state index < -0.39 is 5.60 Å². The van der Waals surface area contributed by atoms with E-state index in [1.54, 1.807) is 0 Å². The number of aliphatic hydroxyl groups is 1. The van der Waals surface area contributed by atoms with Crippen LogP contribution in [0.25, 0.3) is 0 Å². The first-order chi connectivity index (χ1) is 9.44. The average Bonchev–Trinajstić information content (AvgIpc) is 3.04. The molecule has 0 spiro atoms. The lowest BCUT2D eigenvalue weighted by Crippen LogP contribution is -2.51. The van der Waals surface area contributed by atoms with Crippen LogP contribution in [0, 0.1) is 23.7 Å². The topological polar surface area (TPSA) is 55.8 Å². The number of esters is 1. The number of hydrogen-bond donors (Lipinski definition) is 1. The Kier molecular flexibility index (Phi) is 6.07. The third-order valence-corrected chi connectivity index (χ3v) is 5.99. The van der Waals surface area contributed by atoms with Gasteiger partial charge in [-0.05, 0) is 24.7 Å². The number of carbonyl (C=O) groups is 1. The lowest BCUT2D eigenvalue weighted by Gasteiger charge is -2.42. The third kappa shape index (κ3) is 2.92. The van der Waals surface area contributed by atoms with Crippen molar-refractivity contribution in [3.8, 4) is 0 Å². The fraction of sp³-hybridized carbons (Fsp3) is 0.944. The van der Waals surface area contributed by atoms with Crippen LogP contribution in [0.1, 0.15) is 61.3 Å². The van der Waals surface area contributed by atoms with Gasteiger partial charge in [-0.25, -0.2) is 0 Å². The summed E-state index contributed by atoms with van der Waals surface area (Å²) < 4.78 is 11.4. The molecule has 6 unspecified atom stereocenters. The van der Waals surface area contributed by atoms with E-state index in [4.69, 9.17) is 9.47 Å². The summed E-state index contributed by atoms with van der Waals surface area (Å²) in [6, 6.07) is 0. The molecule has 3 rings (SSSR count). The molecule has 130 valence electrons. The predicted octanol–water partition coefficient (Wildman–Crippen LogP) is 3.41. The molecule has 4 nitrogen and oxygen atoms in total. The molecule has 2 heterocycles. The lowest BCUT2D eigenvalue weighted by atomic mass is 9.63. The van der Waals surface area contributed by atoms with Crippen molar-refractivity contribution in [2.45, 2.75) is 79.1 Å². The summed E-state index contributed by atoms with van der Waals surface area (Å²) >= 11 is 0. The highest BCUT2D eigenvalue weighted by atomic mass is 16.5. The van der Waals surface area contributed by atoms with Crippen LogP contribution in [0.15, 0.2) is 0 Å². The molecule has 4 heteroatoms. The highest BCUT2D eigenvalue weighted by Crippen LogP contribution is 2.56. The molecule has 0 aromatic rings. The Morgan fingerprint density at radius 2 is 1.73 bits per heavy atom. The number of ether oxygens (including phenoxy) is 2. The van der Waals surface area contributed by atoms with Crippen molar-refractivity contribution in [2.75, 3.05) is 6.61 Å². The number of fused-ring (bicyclic) bond motifs is 2. The summed E-state index contributed by atoms with van der Waals surface area (Å²) in [5.74, 6) is 0.981. The second-order valence-corrected chi connectivity index (χ2v) is 7.09. The van der Waals surface area contributed by atoms with Crippen molar-refractivity contribution in [1.82, 2.24) is 0 Å². The summed E-state index contributed by atoms with van der Waals surface area (Å²) in [7, 11) is 0. The normalized spacial score (nSPS) is 41.6. The zero-order valence-electron chi connectivity index (χ0n) is 12.7. The minimum absolute atomic E-state index is 0. The summed E-state index contributed by atoms with van der Waals surface area (Å²) in [6.45, 7) is 6.27. The van der Waals surface area contributed by atoms with Crippen LogP contribution in [0.2, 0.25) is 0 Å². The minimum Gasteiger partial charge on any atom is -0.465 e. The first kappa shape index (κ1) is 19.4. The van der Waals surface area contributed by atoms with E-state index in [0.717, 1.165) is 25.7 Å². The second-order valence-electron chi connectivity index (χ2n) is 7.09. The molecule has 0 radical (unpaired) electrons. The van der Waals surface area contributed by atoms with E-state index >= 15 is 0 Å². The largest absolute Gasteiger partial charge is 0.465 e. The zero-order valence-corrected chi connectivity index (χ0v) is 12.7. The van der Waals surface area contributed by atoms with Gasteiger partial charge >= 0.3 is 5.97 Å². The predicted molar refractivity (Wildman–Crippen MR) is 87.5 cm³/mol. The first-order valence-corrected chi connectivity index (χ1v) is 7.95. The van der Waals surface area contributed by atoms with Gasteiger partial charge in [-0.2, -0.15) is 0 Å². The summed E-state index contributed by atoms with van der Waals surface area (Å²) in [6.07, 6.45) is 4.16. The molecule has 3 aliphatic rings. The first-order valence-electron chi connectivity index (χ1n) is 7.95. The number of carbonyl (C=O) groups excluding carboxylic acids is 1. The molecule has 0 aromatic carbocycles. The van der Waals surface area contributed by atoms with Gasteiger partial charge in [0, 0.05) is 18.8 Å². The van der Waals surface area contributed by atoms with Crippen LogP contribution in [0.4, 0.5) is 0 Å². The summed E-state index contributed by atoms with van der Waals surface area (Å²) in [5, 5.41) is 11.0. The van der Waals surface area contributed by atoms with Crippen molar-refractivity contribution >= 4 is 5.97 Å². The van der Waals surface area contributed by atoms with E-state index in [0.29, 0.717) is 18.4 Å². The van der Waals surface area contributed by atoms with Crippen LogP contribution < -0.4 is 0 Å². The maximum absolute atomic E-state index is 11.1. The van der Waals surface area contributed by atoms with Gasteiger partial charge in [-0.1, -0.05) is 41.5 Å². The van der Waals surface area contributed by atoms with Gasteiger partial charge in [-0.15, -0.1) is 0 Å². The Balaban J connectivity index is 0.00000121. The Morgan fingerprint density at radius 3 is 2.27 bits per heavy atom. The second kappa shape index (κ2) is 6.88. The van der Waals surface area contributed by atoms with Gasteiger partial charge in [0.2, 0.25) is 0 Å². The number of hydrogen-bond acceptors (Lipinski definition) is 4. The molecule has 3 fully saturated rings. The lowest BCUT2D eigenvalue weighted by molar-refractivity contribution is -0.145. The molecule has 0 amide bonds. The van der Waals surface area contributed by atoms with E-state index in [2.05, 4.69) is 13.8 Å². The van der Waals surface area contributed by atoms with Crippen molar-refractivity contribution in [3.63, 3.8) is 0 Å². The molecule has 22 heavy (non-hydrogen) atoms. The monoisotopic (exact) mass is 314 g/mol. The van der Waals surface area contributed by atoms with Crippen LogP contribution >= 0.6 is 0 Å². The molecule has 2 saturated heterocycles. The molecule has 0 aromatic heterocycles. The van der Waals surface area contributed by atoms with E-state index in [-0.39, 0.29) is 44.9 Å². The smallest absolute Gasteiger partial charge is 0.302 e. The van der Waals surface area contributed by atoms with E-state index in [9.17, 15) is 9.90 Å². The van der Waals surface area contributed by atoms with Crippen LogP contribution in [0.5, 0.6) is 0 Å². The highest BCUT2D eigenvalue weighted by Gasteiger charge is 2.62. The molecular weight excluding hydrogens is 280 g/mol. The maximum atomic E-state index is 11.1. The molecule has 1 N–H and O–H groups in total. The van der Waals surface area contributed by atoms with Crippen molar-refractivity contribution in [2.24, 2.45) is 23.7 Å². The molecule has 1 saturated carbocycles. The Hall–Kier alpha value is -0.610. The van der Waals surface area contributed by atoms with Gasteiger partial charge in [0.05, 0.1) is 24.4 Å². The average molecular weight is 314 g/mol. The quantitative estimate of drug-likeness (QED) is 0.811. The standard InChI is InChI=1S/C16H26O4.2CH4/c1-9-10(2)15-13(16(18)6-4-5-7-16)12(14(9)20-15)8-19-11(3)17;;/h9-10,12-15,18H,4-8H2,1-3H3;2*1H4. The van der Waals surface area contributed by atoms with Crippen LogP contribution in [0.3, 0.4) is 0 Å². The fourth-order valence-corrected chi connectivity index (χ4v) is 4.82. The SMILES string of the molecule is C.C.CC(=O)OCC1C2OC(C(C)C2C)C1C1(O)CCCC1. The van der Waals surface area contributed by atoms with Crippen LogP contribution in [-0.4, -0.2) is 35.5 Å². The highest BCUT2D eigenvalue weighted by molar-refractivity contribution is 5.65. The Labute approximate surface area is 135 Å². The van der Waals surface area contributed by atoms with Crippen LogP contribution in [-0.2, 0) is 14.3 Å². The molecular formula is C18H34O4. The number of rotatable bonds is 3. The minimum atomic E-state index is -0.612.